The summed E-state index contributed by atoms with van der Waals surface area (Å²) >= 11 is 7.68. The molecule has 4 rings (SSSR count). The van der Waals surface area contributed by atoms with E-state index >= 15 is 0 Å². The van der Waals surface area contributed by atoms with E-state index in [-0.39, 0.29) is 34.3 Å². The van der Waals surface area contributed by atoms with Gasteiger partial charge in [0.05, 0.1) is 9.92 Å². The number of carbonyl (C=O) groups excluding carboxylic acids is 1. The third kappa shape index (κ3) is 5.24. The number of halogens is 4. The molecule has 1 atom stereocenters. The van der Waals surface area contributed by atoms with E-state index in [1.807, 2.05) is 0 Å². The minimum atomic E-state index is -4.32. The SMILES string of the molecule is O=C1NC(c2ccc(S(=O)(=O)N(CCCCC(F)(F)F)c3sc4ccccc4c3Cl)cc2)NO1. The molecule has 0 spiro atoms. The molecule has 7 nitrogen and oxygen atoms in total. The number of amides is 1. The molecular weight excluding hydrogens is 515 g/mol. The third-order valence-corrected chi connectivity index (χ3v) is 8.77. The second-order valence-corrected chi connectivity index (χ2v) is 10.8. The molecule has 1 aliphatic rings. The van der Waals surface area contributed by atoms with Crippen LogP contribution in [0.25, 0.3) is 10.1 Å². The van der Waals surface area contributed by atoms with Gasteiger partial charge in [-0.1, -0.05) is 41.9 Å². The molecule has 13 heteroatoms. The number of carbonyl (C=O) groups is 1. The number of benzene rings is 2. The summed E-state index contributed by atoms with van der Waals surface area (Å²) < 4.78 is 66.8. The second kappa shape index (κ2) is 9.61. The molecule has 182 valence electrons. The molecule has 2 heterocycles. The van der Waals surface area contributed by atoms with Gasteiger partial charge in [-0.3, -0.25) is 9.62 Å². The van der Waals surface area contributed by atoms with Crippen LogP contribution in [-0.4, -0.2) is 27.2 Å². The minimum absolute atomic E-state index is 0.00321. The van der Waals surface area contributed by atoms with Crippen molar-refractivity contribution in [2.75, 3.05) is 10.8 Å². The summed E-state index contributed by atoms with van der Waals surface area (Å²) in [7, 11) is -4.15. The van der Waals surface area contributed by atoms with Crippen LogP contribution >= 0.6 is 22.9 Å². The van der Waals surface area contributed by atoms with Crippen LogP contribution in [0.2, 0.25) is 5.02 Å². The fourth-order valence-electron chi connectivity index (χ4n) is 3.47. The molecule has 1 fully saturated rings. The molecule has 1 aromatic heterocycles. The molecule has 1 amide bonds. The summed E-state index contributed by atoms with van der Waals surface area (Å²) in [5, 5.41) is 3.65. The molecule has 0 bridgehead atoms. The molecule has 1 saturated heterocycles. The van der Waals surface area contributed by atoms with Crippen molar-refractivity contribution >= 4 is 54.1 Å². The summed E-state index contributed by atoms with van der Waals surface area (Å²) in [5.41, 5.74) is 3.03. The summed E-state index contributed by atoms with van der Waals surface area (Å²) in [4.78, 5) is 15.8. The Kier molecular flexibility index (Phi) is 6.94. The Morgan fingerprint density at radius 1 is 1.09 bits per heavy atom. The van der Waals surface area contributed by atoms with Crippen molar-refractivity contribution in [2.24, 2.45) is 0 Å². The first-order valence-electron chi connectivity index (χ1n) is 10.2. The van der Waals surface area contributed by atoms with Gasteiger partial charge in [-0.15, -0.1) is 16.8 Å². The molecule has 2 N–H and O–H groups in total. The molecule has 34 heavy (non-hydrogen) atoms. The van der Waals surface area contributed by atoms with E-state index in [1.54, 1.807) is 24.3 Å². The lowest BCUT2D eigenvalue weighted by molar-refractivity contribution is -0.135. The van der Waals surface area contributed by atoms with E-state index in [9.17, 15) is 26.4 Å². The van der Waals surface area contributed by atoms with Crippen LogP contribution in [0, 0.1) is 0 Å². The van der Waals surface area contributed by atoms with Crippen molar-refractivity contribution in [1.82, 2.24) is 10.8 Å². The van der Waals surface area contributed by atoms with Crippen molar-refractivity contribution in [2.45, 2.75) is 36.5 Å². The molecule has 3 aromatic rings. The zero-order valence-corrected chi connectivity index (χ0v) is 19.8. The Balaban J connectivity index is 1.65. The number of hydrogen-bond donors (Lipinski definition) is 2. The Morgan fingerprint density at radius 3 is 2.41 bits per heavy atom. The van der Waals surface area contributed by atoms with Gasteiger partial charge in [-0.2, -0.15) is 13.2 Å². The van der Waals surface area contributed by atoms with Gasteiger partial charge < -0.3 is 4.84 Å². The Labute approximate surface area is 202 Å². The zero-order chi connectivity index (χ0) is 24.5. The van der Waals surface area contributed by atoms with E-state index in [1.165, 1.54) is 24.3 Å². The predicted molar refractivity (Wildman–Crippen MR) is 123 cm³/mol. The van der Waals surface area contributed by atoms with Gasteiger partial charge in [0.1, 0.15) is 11.2 Å². The van der Waals surface area contributed by atoms with Gasteiger partial charge in [0.15, 0.2) is 0 Å². The number of nitrogens with one attached hydrogen (secondary N) is 2. The van der Waals surface area contributed by atoms with Crippen molar-refractivity contribution in [3.8, 4) is 0 Å². The van der Waals surface area contributed by atoms with Gasteiger partial charge in [0.2, 0.25) is 0 Å². The first kappa shape index (κ1) is 24.6. The van der Waals surface area contributed by atoms with Crippen LogP contribution in [0.1, 0.15) is 31.0 Å². The summed E-state index contributed by atoms with van der Waals surface area (Å²) in [5.74, 6) is 0. The molecular formula is C21H19ClF3N3O4S2. The summed E-state index contributed by atoms with van der Waals surface area (Å²) in [6, 6.07) is 12.9. The number of unbranched alkanes of at least 4 members (excludes halogenated alkanes) is 1. The molecule has 1 unspecified atom stereocenters. The van der Waals surface area contributed by atoms with Gasteiger partial charge in [0, 0.05) is 23.1 Å². The van der Waals surface area contributed by atoms with Crippen LogP contribution in [0.15, 0.2) is 53.4 Å². The van der Waals surface area contributed by atoms with Crippen LogP contribution in [0.3, 0.4) is 0 Å². The van der Waals surface area contributed by atoms with Gasteiger partial charge in [0.25, 0.3) is 10.0 Å². The average molecular weight is 534 g/mol. The van der Waals surface area contributed by atoms with Crippen molar-refractivity contribution in [1.29, 1.82) is 0 Å². The van der Waals surface area contributed by atoms with E-state index < -0.39 is 34.9 Å². The fraction of sp³-hybridized carbons (Fsp3) is 0.286. The maximum Gasteiger partial charge on any atom is 0.427 e. The molecule has 1 aliphatic heterocycles. The highest BCUT2D eigenvalue weighted by Gasteiger charge is 2.31. The average Bonchev–Trinajstić information content (AvgIpc) is 3.36. The van der Waals surface area contributed by atoms with Crippen LogP contribution in [0.5, 0.6) is 0 Å². The molecule has 2 aromatic carbocycles. The Hall–Kier alpha value is -2.54. The largest absolute Gasteiger partial charge is 0.427 e. The number of fused-ring (bicyclic) bond motifs is 1. The van der Waals surface area contributed by atoms with Crippen molar-refractivity contribution in [3.63, 3.8) is 0 Å². The van der Waals surface area contributed by atoms with Gasteiger partial charge in [-0.05, 0) is 36.6 Å². The highest BCUT2D eigenvalue weighted by Crippen LogP contribution is 2.44. The van der Waals surface area contributed by atoms with E-state index in [0.717, 1.165) is 20.3 Å². The van der Waals surface area contributed by atoms with Gasteiger partial charge >= 0.3 is 12.3 Å². The smallest absolute Gasteiger partial charge is 0.351 e. The second-order valence-electron chi connectivity index (χ2n) is 7.52. The third-order valence-electron chi connectivity index (χ3n) is 5.15. The summed E-state index contributed by atoms with van der Waals surface area (Å²) in [6.07, 6.45) is -6.84. The predicted octanol–water partition coefficient (Wildman–Crippen LogP) is 5.73. The summed E-state index contributed by atoms with van der Waals surface area (Å²) in [6.45, 7) is -0.166. The van der Waals surface area contributed by atoms with Crippen molar-refractivity contribution in [3.05, 3.63) is 59.1 Å². The lowest BCUT2D eigenvalue weighted by Crippen LogP contribution is -2.32. The topological polar surface area (TPSA) is 87.7 Å². The van der Waals surface area contributed by atoms with Crippen LogP contribution < -0.4 is 15.1 Å². The lowest BCUT2D eigenvalue weighted by atomic mass is 10.2. The maximum atomic E-state index is 13.6. The Morgan fingerprint density at radius 2 is 1.79 bits per heavy atom. The van der Waals surface area contributed by atoms with Gasteiger partial charge in [-0.25, -0.2) is 13.2 Å². The molecule has 0 aliphatic carbocycles. The fourth-order valence-corrected chi connectivity index (χ4v) is 6.81. The van der Waals surface area contributed by atoms with Crippen molar-refractivity contribution < 1.29 is 31.2 Å². The number of rotatable bonds is 8. The quantitative estimate of drug-likeness (QED) is 0.361. The highest BCUT2D eigenvalue weighted by atomic mass is 35.5. The normalized spacial score (nSPS) is 16.5. The monoisotopic (exact) mass is 533 g/mol. The lowest BCUT2D eigenvalue weighted by Gasteiger charge is -2.24. The standard InChI is InChI=1S/C21H19ClF3N3O4S2/c22-17-15-5-1-2-6-16(15)33-19(17)28(12-4-3-11-21(23,24)25)34(30,31)14-9-7-13(8-10-14)18-26-20(29)32-27-18/h1-2,5-10,18,27H,3-4,11-12H2,(H,26,29). The first-order valence-corrected chi connectivity index (χ1v) is 12.8. The number of sulfonamides is 1. The van der Waals surface area contributed by atoms with Crippen LogP contribution in [0.4, 0.5) is 23.0 Å². The maximum absolute atomic E-state index is 13.6. The number of hydrogen-bond acceptors (Lipinski definition) is 6. The number of anilines is 1. The van der Waals surface area contributed by atoms with E-state index in [4.69, 9.17) is 11.6 Å². The number of hydroxylamine groups is 1. The number of nitrogens with zero attached hydrogens (tertiary/aromatic N) is 1. The van der Waals surface area contributed by atoms with Crippen LogP contribution in [-0.2, 0) is 14.9 Å². The van der Waals surface area contributed by atoms with E-state index in [2.05, 4.69) is 15.6 Å². The van der Waals surface area contributed by atoms with E-state index in [0.29, 0.717) is 10.9 Å². The number of thiophene rings is 1. The first-order chi connectivity index (χ1) is 16.1. The zero-order valence-electron chi connectivity index (χ0n) is 17.4. The highest BCUT2D eigenvalue weighted by molar-refractivity contribution is 7.93. The Bertz CT molecular complexity index is 1300. The molecule has 0 radical (unpaired) electrons. The minimum Gasteiger partial charge on any atom is -0.351 e. The molecule has 0 saturated carbocycles. The number of alkyl halides is 3.